The van der Waals surface area contributed by atoms with Gasteiger partial charge in [0.1, 0.15) is 40.5 Å². The fourth-order valence-corrected chi connectivity index (χ4v) is 9.05. The molecule has 27 heteroatoms. The zero-order valence-corrected chi connectivity index (χ0v) is 44.0. The summed E-state index contributed by atoms with van der Waals surface area (Å²) in [6, 6.07) is 15.5. The first-order valence-electron chi connectivity index (χ1n) is 16.0. The Morgan fingerprint density at radius 3 is 1.16 bits per heavy atom. The summed E-state index contributed by atoms with van der Waals surface area (Å²) in [5.41, 5.74) is -2.98. The minimum Gasteiger partial charge on any atom is -0.747 e. The molecule has 0 saturated heterocycles. The fourth-order valence-electron chi connectivity index (χ4n) is 6.06. The average Bonchev–Trinajstić information content (AvgIpc) is 3.13. The molecule has 2 N–H and O–H groups in total. The molecule has 0 bridgehead atoms. The van der Waals surface area contributed by atoms with Gasteiger partial charge in [0.25, 0.3) is 11.8 Å². The van der Waals surface area contributed by atoms with Gasteiger partial charge in [-0.25, -0.2) is 48.5 Å². The summed E-state index contributed by atoms with van der Waals surface area (Å²) < 4.78 is 143. The minimum atomic E-state index is -5.24. The predicted molar refractivity (Wildman–Crippen MR) is 199 cm³/mol. The van der Waals surface area contributed by atoms with Crippen LogP contribution >= 0.6 is 0 Å². The number of anilines is 2. The molecule has 62 heavy (non-hydrogen) atoms. The Morgan fingerprint density at radius 2 is 0.839 bits per heavy atom. The van der Waals surface area contributed by atoms with Crippen LogP contribution < -0.4 is 129 Å². The van der Waals surface area contributed by atoms with Crippen LogP contribution in [0.15, 0.2) is 129 Å². The van der Waals surface area contributed by atoms with Gasteiger partial charge in [-0.3, -0.25) is 9.59 Å². The van der Waals surface area contributed by atoms with Crippen molar-refractivity contribution in [1.82, 2.24) is 0 Å². The largest absolute Gasteiger partial charge is 1.00 e. The van der Waals surface area contributed by atoms with Gasteiger partial charge in [-0.05, 0) is 71.8 Å². The number of urea groups is 1. The van der Waals surface area contributed by atoms with Crippen molar-refractivity contribution in [3.63, 3.8) is 0 Å². The van der Waals surface area contributed by atoms with Gasteiger partial charge in [-0.1, -0.05) is 48.6 Å². The van der Waals surface area contributed by atoms with Gasteiger partial charge in [-0.2, -0.15) is 0 Å². The average molecular weight is 959 g/mol. The maximum atomic E-state index is 13.2. The topological polar surface area (TPSA) is 329 Å². The van der Waals surface area contributed by atoms with Crippen molar-refractivity contribution in [3.8, 4) is 0 Å². The predicted octanol–water partition coefficient (Wildman–Crippen LogP) is -9.27. The van der Waals surface area contributed by atoms with Crippen molar-refractivity contribution in [3.05, 3.63) is 143 Å². The van der Waals surface area contributed by atoms with E-state index in [0.717, 1.165) is 60.7 Å². The van der Waals surface area contributed by atoms with Crippen molar-refractivity contribution >= 4 is 81.1 Å². The molecule has 2 atom stereocenters. The molecule has 4 amide bonds. The first-order valence-corrected chi connectivity index (χ1v) is 21.8. The third kappa shape index (κ3) is 13.1. The Labute approximate surface area is 443 Å². The summed E-state index contributed by atoms with van der Waals surface area (Å²) in [4.78, 5) is 45.3. The van der Waals surface area contributed by atoms with Gasteiger partial charge >= 0.3 is 124 Å². The number of carbonyl (C=O) groups excluding carboxylic acids is 3. The molecule has 4 aromatic carbocycles. The first kappa shape index (κ1) is 56.1. The normalized spacial score (nSPS) is 16.8. The van der Waals surface area contributed by atoms with Crippen LogP contribution in [0.25, 0.3) is 0 Å². The van der Waals surface area contributed by atoms with Crippen LogP contribution in [0.2, 0.25) is 0 Å². The van der Waals surface area contributed by atoms with Gasteiger partial charge in [0.2, 0.25) is 0 Å². The Kier molecular flexibility index (Phi) is 19.9. The number of nitrogens with zero attached hydrogens (tertiary/aromatic N) is 2. The number of aliphatic imine (C=N–C) groups is 2. The number of nitrogens with one attached hydrogen (secondary N) is 2. The van der Waals surface area contributed by atoms with Crippen LogP contribution in [0.4, 0.5) is 16.2 Å². The number of hydrogen-bond donors (Lipinski definition) is 2. The molecular weight excluding hydrogens is 937 g/mol. The van der Waals surface area contributed by atoms with Crippen molar-refractivity contribution in [2.45, 2.75) is 20.3 Å². The van der Waals surface area contributed by atoms with Crippen LogP contribution in [0.1, 0.15) is 53.5 Å². The molecule has 0 aliphatic heterocycles. The number of hydrogen-bond acceptors (Lipinski definition) is 15. The van der Waals surface area contributed by atoms with E-state index in [-0.39, 0.29) is 152 Å². The molecule has 2 unspecified atom stereocenters. The Bertz CT molecular complexity index is 2850. The Hall–Kier alpha value is -2.05. The van der Waals surface area contributed by atoms with Crippen molar-refractivity contribution in [1.29, 1.82) is 0 Å². The number of fused-ring (bicyclic) bond motifs is 2. The molecule has 2 aliphatic carbocycles. The van der Waals surface area contributed by atoms with Crippen LogP contribution in [0.3, 0.4) is 0 Å². The molecule has 0 fully saturated rings. The Balaban J connectivity index is 0.00000331. The second-order valence-electron chi connectivity index (χ2n) is 12.2. The summed E-state index contributed by atoms with van der Waals surface area (Å²) in [7, 11) is -20.6. The second-order valence-corrected chi connectivity index (χ2v) is 17.9. The van der Waals surface area contributed by atoms with Crippen LogP contribution in [-0.2, 0) is 40.5 Å². The first-order chi connectivity index (χ1) is 27.0. The van der Waals surface area contributed by atoms with E-state index in [9.17, 15) is 66.3 Å². The third-order valence-electron chi connectivity index (χ3n) is 8.44. The molecule has 300 valence electrons. The van der Waals surface area contributed by atoms with E-state index in [1.54, 1.807) is 0 Å². The van der Waals surface area contributed by atoms with Crippen LogP contribution in [0.5, 0.6) is 0 Å². The van der Waals surface area contributed by atoms with E-state index in [0.29, 0.717) is 0 Å². The van der Waals surface area contributed by atoms with Gasteiger partial charge in [0, 0.05) is 33.6 Å². The quantitative estimate of drug-likeness (QED) is 0.122. The van der Waals surface area contributed by atoms with Crippen molar-refractivity contribution in [2.75, 3.05) is 10.6 Å². The van der Waals surface area contributed by atoms with E-state index in [1.807, 2.05) is 0 Å². The maximum Gasteiger partial charge on any atom is 1.00 e. The van der Waals surface area contributed by atoms with Crippen LogP contribution in [-0.4, -0.2) is 81.2 Å². The molecule has 0 heterocycles. The molecule has 2 aliphatic rings. The second kappa shape index (κ2) is 22.0. The molecule has 19 nitrogen and oxygen atoms in total. The minimum absolute atomic E-state index is 0. The van der Waals surface area contributed by atoms with E-state index in [2.05, 4.69) is 20.6 Å². The summed E-state index contributed by atoms with van der Waals surface area (Å²) >= 11 is 0. The zero-order chi connectivity index (χ0) is 42.4. The molecular formula is C35H22N4Na4O15S4. The SMILES string of the molecule is O=C(Nc1cccc(C(=O)N=C2C=CC(S(=O)(=O)[O-])c3cccc(S(=O)(=O)[O-])c32)c1)Nc1cccc(C(=O)N=C2C=CC(S(=O)(=O)[O-])c3cccc(S(=O)(=O)[O-])c32)c1.[Na+].[Na+].[Na+].[Na+]. The van der Waals surface area contributed by atoms with Gasteiger partial charge in [-0.15, -0.1) is 0 Å². The fraction of sp³-hybridized carbons (Fsp3) is 0.0571. The monoisotopic (exact) mass is 958 g/mol. The summed E-state index contributed by atoms with van der Waals surface area (Å²) in [5, 5.41) is 1.15. The number of benzene rings is 4. The van der Waals surface area contributed by atoms with Gasteiger partial charge in [0.15, 0.2) is 0 Å². The number of rotatable bonds is 8. The molecule has 0 radical (unpaired) electrons. The van der Waals surface area contributed by atoms with Crippen LogP contribution in [0, 0.1) is 0 Å². The summed E-state index contributed by atoms with van der Waals surface area (Å²) in [5.74, 6) is -2.05. The summed E-state index contributed by atoms with van der Waals surface area (Å²) in [6.45, 7) is 0. The molecule has 6 rings (SSSR count). The van der Waals surface area contributed by atoms with E-state index >= 15 is 0 Å². The van der Waals surface area contributed by atoms with E-state index < -0.39 is 101 Å². The van der Waals surface area contributed by atoms with E-state index in [4.69, 9.17) is 0 Å². The number of allylic oxidation sites excluding steroid dienone is 2. The van der Waals surface area contributed by atoms with Gasteiger partial charge in [0.05, 0.1) is 31.7 Å². The maximum absolute atomic E-state index is 13.2. The zero-order valence-electron chi connectivity index (χ0n) is 32.7. The molecule has 0 saturated carbocycles. The van der Waals surface area contributed by atoms with Crippen molar-refractivity contribution < 1.29 is 184 Å². The van der Waals surface area contributed by atoms with E-state index in [1.165, 1.54) is 48.5 Å². The molecule has 0 aromatic heterocycles. The van der Waals surface area contributed by atoms with Gasteiger partial charge < -0.3 is 28.8 Å². The van der Waals surface area contributed by atoms with Crippen molar-refractivity contribution in [2.24, 2.45) is 9.98 Å². The molecule has 0 spiro atoms. The number of carbonyl (C=O) groups is 3. The summed E-state index contributed by atoms with van der Waals surface area (Å²) in [6.07, 6.45) is 3.62. The smallest absolute Gasteiger partial charge is 0.747 e. The standard InChI is InChI=1S/C35H26N4O15S4.4Na/c40-33(38-25-13-15-27(55(43,44)45)23-9-3-11-29(31(23)25)57(49,50)51)19-5-1-7-21(17-19)36-35(42)37-22-8-2-6-20(18-22)34(41)39-26-14-16-28(56(46,47)48)24-10-4-12-30(32(24)26)58(52,53)54;;;;/h1-18,27-28H,(H2,36,37,42)(H,43,44,45)(H,46,47,48)(H,49,50,51)(H,52,53,54);;;;/q;4*+1/p-4. The third-order valence-corrected chi connectivity index (χ3v) is 12.3. The molecule has 4 aromatic rings. The number of amides is 4. The Morgan fingerprint density at radius 1 is 0.500 bits per heavy atom.